The summed E-state index contributed by atoms with van der Waals surface area (Å²) in [5.74, 6) is 0.183. The fourth-order valence-corrected chi connectivity index (χ4v) is 5.22. The van der Waals surface area contributed by atoms with Gasteiger partial charge in [0.15, 0.2) is 5.65 Å². The Morgan fingerprint density at radius 2 is 1.92 bits per heavy atom. The third-order valence-electron chi connectivity index (χ3n) is 7.47. The van der Waals surface area contributed by atoms with E-state index in [4.69, 9.17) is 9.72 Å². The van der Waals surface area contributed by atoms with E-state index < -0.39 is 29.0 Å². The number of pyridine rings is 1. The van der Waals surface area contributed by atoms with Gasteiger partial charge >= 0.3 is 12.2 Å². The highest BCUT2D eigenvalue weighted by Crippen LogP contribution is 2.35. The highest BCUT2D eigenvalue weighted by Gasteiger charge is 2.33. The number of aromatic amines is 1. The number of amides is 2. The summed E-state index contributed by atoms with van der Waals surface area (Å²) in [6.45, 7) is 2.94. The van der Waals surface area contributed by atoms with Crippen LogP contribution in [0.4, 0.5) is 29.3 Å². The van der Waals surface area contributed by atoms with Crippen LogP contribution in [0.3, 0.4) is 0 Å². The smallest absolute Gasteiger partial charge is 0.378 e. The Labute approximate surface area is 216 Å². The number of hydrogen-bond acceptors (Lipinski definition) is 6. The largest absolute Gasteiger partial charge is 0.417 e. The number of aryl methyl sites for hydroxylation is 1. The molecular formula is C25H30F3N7O3. The lowest BCUT2D eigenvalue weighted by molar-refractivity contribution is -0.138. The number of H-pyrrole nitrogens is 1. The predicted octanol–water partition coefficient (Wildman–Crippen LogP) is 3.70. The van der Waals surface area contributed by atoms with Crippen molar-refractivity contribution in [2.24, 2.45) is 7.05 Å². The molecule has 0 unspecified atom stereocenters. The molecule has 2 aliphatic rings. The van der Waals surface area contributed by atoms with Crippen molar-refractivity contribution in [2.45, 2.75) is 43.8 Å². The van der Waals surface area contributed by atoms with Crippen molar-refractivity contribution in [2.75, 3.05) is 43.6 Å². The van der Waals surface area contributed by atoms with Gasteiger partial charge in [0.25, 0.3) is 5.56 Å². The first-order valence-corrected chi connectivity index (χ1v) is 12.6. The molecule has 5 rings (SSSR count). The molecule has 0 radical (unpaired) electrons. The molecule has 0 bridgehead atoms. The van der Waals surface area contributed by atoms with E-state index in [1.54, 1.807) is 13.2 Å². The van der Waals surface area contributed by atoms with E-state index in [1.807, 2.05) is 6.20 Å². The molecule has 2 amide bonds. The van der Waals surface area contributed by atoms with E-state index in [0.717, 1.165) is 53.0 Å². The van der Waals surface area contributed by atoms with Crippen LogP contribution in [-0.2, 0) is 18.0 Å². The zero-order valence-corrected chi connectivity index (χ0v) is 21.2. The number of alkyl halides is 3. The molecule has 3 aromatic heterocycles. The average Bonchev–Trinajstić information content (AvgIpc) is 3.34. The molecule has 1 aliphatic heterocycles. The molecule has 0 spiro atoms. The van der Waals surface area contributed by atoms with Crippen molar-refractivity contribution in [3.05, 3.63) is 46.3 Å². The molecule has 0 atom stereocenters. The SMILES string of the molecule is Cn1cc(C(F)(F)F)cc(NC(=O)N(C)[C@H]2CC[C@@H](c3cnc4[nH]cc(N5CCOCC5)c4n3)CC2)c1=O. The summed E-state index contributed by atoms with van der Waals surface area (Å²) in [7, 11) is 2.81. The van der Waals surface area contributed by atoms with Gasteiger partial charge in [-0.25, -0.2) is 14.8 Å². The first kappa shape index (κ1) is 26.0. The number of hydrogen-bond donors (Lipinski definition) is 2. The second-order valence-corrected chi connectivity index (χ2v) is 9.87. The van der Waals surface area contributed by atoms with Crippen molar-refractivity contribution < 1.29 is 22.7 Å². The van der Waals surface area contributed by atoms with Crippen molar-refractivity contribution in [1.29, 1.82) is 0 Å². The first-order valence-electron chi connectivity index (χ1n) is 12.6. The number of carbonyl (C=O) groups is 1. The third kappa shape index (κ3) is 5.19. The number of nitrogens with one attached hydrogen (secondary N) is 2. The normalized spacial score (nSPS) is 20.5. The van der Waals surface area contributed by atoms with Crippen molar-refractivity contribution in [3.8, 4) is 0 Å². The van der Waals surface area contributed by atoms with E-state index in [9.17, 15) is 22.8 Å². The number of halogens is 3. The van der Waals surface area contributed by atoms with E-state index in [0.29, 0.717) is 38.3 Å². The second kappa shape index (κ2) is 10.3. The van der Waals surface area contributed by atoms with E-state index in [2.05, 4.69) is 20.2 Å². The zero-order chi connectivity index (χ0) is 27.0. The fraction of sp³-hybridized carbons (Fsp3) is 0.520. The summed E-state index contributed by atoms with van der Waals surface area (Å²) in [6.07, 6.45) is 2.76. The lowest BCUT2D eigenvalue weighted by atomic mass is 9.83. The summed E-state index contributed by atoms with van der Waals surface area (Å²) in [5, 5.41) is 2.37. The molecule has 2 fully saturated rings. The van der Waals surface area contributed by atoms with Gasteiger partial charge in [-0.2, -0.15) is 13.2 Å². The Hall–Kier alpha value is -3.61. The van der Waals surface area contributed by atoms with Crippen LogP contribution in [0, 0.1) is 0 Å². The van der Waals surface area contributed by atoms with Gasteiger partial charge in [-0.1, -0.05) is 0 Å². The Morgan fingerprint density at radius 3 is 2.61 bits per heavy atom. The number of ether oxygens (including phenoxy) is 1. The minimum Gasteiger partial charge on any atom is -0.378 e. The van der Waals surface area contributed by atoms with Crippen LogP contribution in [0.15, 0.2) is 29.5 Å². The minimum absolute atomic E-state index is 0.117. The van der Waals surface area contributed by atoms with Gasteiger partial charge in [0, 0.05) is 51.5 Å². The van der Waals surface area contributed by atoms with Crippen LogP contribution in [0.5, 0.6) is 0 Å². The first-order chi connectivity index (χ1) is 18.1. The number of rotatable bonds is 4. The molecule has 1 saturated heterocycles. The molecular weight excluding hydrogens is 503 g/mol. The number of carbonyl (C=O) groups excluding carboxylic acids is 1. The van der Waals surface area contributed by atoms with Crippen LogP contribution in [-0.4, -0.2) is 69.8 Å². The zero-order valence-electron chi connectivity index (χ0n) is 21.2. The summed E-state index contributed by atoms with van der Waals surface area (Å²) >= 11 is 0. The van der Waals surface area contributed by atoms with Gasteiger partial charge in [-0.15, -0.1) is 0 Å². The Bertz CT molecular complexity index is 1370. The maximum Gasteiger partial charge on any atom is 0.417 e. The molecule has 3 aromatic rings. The predicted molar refractivity (Wildman–Crippen MR) is 135 cm³/mol. The van der Waals surface area contributed by atoms with E-state index in [1.165, 1.54) is 11.9 Å². The maximum atomic E-state index is 13.2. The quantitative estimate of drug-likeness (QED) is 0.530. The maximum absolute atomic E-state index is 13.2. The number of morpholine rings is 1. The summed E-state index contributed by atoms with van der Waals surface area (Å²) in [5.41, 5.74) is 1.38. The molecule has 1 saturated carbocycles. The molecule has 38 heavy (non-hydrogen) atoms. The third-order valence-corrected chi connectivity index (χ3v) is 7.47. The summed E-state index contributed by atoms with van der Waals surface area (Å²) in [4.78, 5) is 41.6. The molecule has 10 nitrogen and oxygen atoms in total. The highest BCUT2D eigenvalue weighted by atomic mass is 19.4. The van der Waals surface area contributed by atoms with Gasteiger partial charge in [0.2, 0.25) is 0 Å². The Morgan fingerprint density at radius 1 is 1.21 bits per heavy atom. The van der Waals surface area contributed by atoms with Crippen molar-refractivity contribution in [1.82, 2.24) is 24.4 Å². The topological polar surface area (TPSA) is 108 Å². The number of aromatic nitrogens is 4. The number of nitrogens with zero attached hydrogens (tertiary/aromatic N) is 5. The van der Waals surface area contributed by atoms with Gasteiger partial charge in [-0.3, -0.25) is 4.79 Å². The average molecular weight is 534 g/mol. The summed E-state index contributed by atoms with van der Waals surface area (Å²) in [6, 6.07) is -0.0614. The van der Waals surface area contributed by atoms with Crippen LogP contribution < -0.4 is 15.8 Å². The minimum atomic E-state index is -4.63. The van der Waals surface area contributed by atoms with Gasteiger partial charge in [-0.05, 0) is 31.7 Å². The molecule has 4 heterocycles. The molecule has 204 valence electrons. The highest BCUT2D eigenvalue weighted by molar-refractivity contribution is 5.89. The number of anilines is 2. The monoisotopic (exact) mass is 533 g/mol. The van der Waals surface area contributed by atoms with Crippen LogP contribution in [0.2, 0.25) is 0 Å². The van der Waals surface area contributed by atoms with Crippen LogP contribution in [0.25, 0.3) is 11.2 Å². The van der Waals surface area contributed by atoms with Gasteiger partial charge < -0.3 is 29.4 Å². The van der Waals surface area contributed by atoms with Gasteiger partial charge in [0.05, 0.1) is 36.4 Å². The lowest BCUT2D eigenvalue weighted by Crippen LogP contribution is -2.42. The van der Waals surface area contributed by atoms with Gasteiger partial charge in [0.1, 0.15) is 11.2 Å². The van der Waals surface area contributed by atoms with E-state index in [-0.39, 0.29) is 12.0 Å². The Balaban J connectivity index is 1.24. The fourth-order valence-electron chi connectivity index (χ4n) is 5.22. The second-order valence-electron chi connectivity index (χ2n) is 9.87. The molecule has 2 N–H and O–H groups in total. The molecule has 0 aromatic carbocycles. The lowest BCUT2D eigenvalue weighted by Gasteiger charge is -2.34. The van der Waals surface area contributed by atoms with Crippen molar-refractivity contribution >= 4 is 28.6 Å². The number of fused-ring (bicyclic) bond motifs is 1. The standard InChI is InChI=1S/C25H30F3N7O3/c1-33-14-16(25(26,27)28)11-18(23(33)36)32-24(37)34(2)17-5-3-15(4-6-17)19-12-29-22-21(31-19)20(13-30-22)35-7-9-38-10-8-35/h11-15,17H,3-10H2,1-2H3,(H,29,30)(H,32,37)/t15-,17+. The Kier molecular flexibility index (Phi) is 7.03. The molecule has 1 aliphatic carbocycles. The van der Waals surface area contributed by atoms with Crippen LogP contribution >= 0.6 is 0 Å². The molecule has 13 heteroatoms. The summed E-state index contributed by atoms with van der Waals surface area (Å²) < 4.78 is 45.8. The van der Waals surface area contributed by atoms with Crippen LogP contribution in [0.1, 0.15) is 42.9 Å². The number of urea groups is 1. The van der Waals surface area contributed by atoms with E-state index >= 15 is 0 Å². The van der Waals surface area contributed by atoms with Crippen molar-refractivity contribution in [3.63, 3.8) is 0 Å².